The van der Waals surface area contributed by atoms with Crippen molar-refractivity contribution in [1.82, 2.24) is 0 Å². The number of carbonyl (C=O) groups is 2. The summed E-state index contributed by atoms with van der Waals surface area (Å²) in [5.41, 5.74) is -0.383. The number of benzene rings is 2. The first kappa shape index (κ1) is 23.3. The summed E-state index contributed by atoms with van der Waals surface area (Å²) in [7, 11) is 0. The molecule has 5 nitrogen and oxygen atoms in total. The Bertz CT molecular complexity index is 842. The average Bonchev–Trinajstić information content (AvgIpc) is 2.60. The van der Waals surface area contributed by atoms with Crippen LogP contribution in [-0.2, 0) is 0 Å². The largest absolute Gasteiger partial charge is 0.478 e. The highest BCUT2D eigenvalue weighted by atomic mass is 79.9. The summed E-state index contributed by atoms with van der Waals surface area (Å²) in [5, 5.41) is 19.0. The number of anilines is 1. The summed E-state index contributed by atoms with van der Waals surface area (Å²) in [6.45, 7) is -1.72. The fourth-order valence-corrected chi connectivity index (χ4v) is 2.22. The Labute approximate surface area is 163 Å². The van der Waals surface area contributed by atoms with Gasteiger partial charge in [-0.3, -0.25) is 0 Å². The van der Waals surface area contributed by atoms with Crippen molar-refractivity contribution in [3.8, 4) is 0 Å². The third kappa shape index (κ3) is 6.48. The van der Waals surface area contributed by atoms with Gasteiger partial charge in [-0.15, -0.1) is 0 Å². The van der Waals surface area contributed by atoms with Crippen molar-refractivity contribution in [2.45, 2.75) is 12.1 Å². The SMILES string of the molecule is O=C(O)c1ccccc1Br.O=C(O)c1ccccc1NCC(F)(F)C(F)(F)F. The molecule has 0 unspecified atom stereocenters. The first-order chi connectivity index (χ1) is 12.9. The van der Waals surface area contributed by atoms with E-state index in [2.05, 4.69) is 15.9 Å². The van der Waals surface area contributed by atoms with Crippen LogP contribution in [0.25, 0.3) is 0 Å². The highest BCUT2D eigenvalue weighted by molar-refractivity contribution is 9.10. The molecule has 2 rings (SSSR count). The molecule has 0 aromatic heterocycles. The number of nitrogens with one attached hydrogen (secondary N) is 1. The van der Waals surface area contributed by atoms with Crippen molar-refractivity contribution in [2.24, 2.45) is 0 Å². The lowest BCUT2D eigenvalue weighted by molar-refractivity contribution is -0.275. The molecule has 0 saturated carbocycles. The lowest BCUT2D eigenvalue weighted by Gasteiger charge is -2.20. The highest BCUT2D eigenvalue weighted by Crippen LogP contribution is 2.35. The number of aromatic carboxylic acids is 2. The molecule has 2 aromatic carbocycles. The molecule has 11 heteroatoms. The van der Waals surface area contributed by atoms with E-state index >= 15 is 0 Å². The van der Waals surface area contributed by atoms with Crippen molar-refractivity contribution in [1.29, 1.82) is 0 Å². The number of rotatable bonds is 5. The van der Waals surface area contributed by atoms with Crippen LogP contribution in [0.4, 0.5) is 27.6 Å². The van der Waals surface area contributed by atoms with E-state index in [1.807, 2.05) is 0 Å². The summed E-state index contributed by atoms with van der Waals surface area (Å²) in [6.07, 6.45) is -5.68. The van der Waals surface area contributed by atoms with Gasteiger partial charge in [-0.05, 0) is 40.2 Å². The number of carboxylic acids is 2. The molecule has 0 fully saturated rings. The van der Waals surface area contributed by atoms with Gasteiger partial charge >= 0.3 is 24.0 Å². The normalized spacial score (nSPS) is 11.2. The summed E-state index contributed by atoms with van der Waals surface area (Å²) < 4.78 is 61.5. The first-order valence-corrected chi connectivity index (χ1v) is 8.14. The molecule has 0 atom stereocenters. The molecule has 0 radical (unpaired) electrons. The third-order valence-corrected chi connectivity index (χ3v) is 3.87. The van der Waals surface area contributed by atoms with Crippen LogP contribution in [0.1, 0.15) is 20.7 Å². The Balaban J connectivity index is 0.000000330. The van der Waals surface area contributed by atoms with Gasteiger partial charge in [0.25, 0.3) is 0 Å². The van der Waals surface area contributed by atoms with Crippen LogP contribution in [-0.4, -0.2) is 40.8 Å². The topological polar surface area (TPSA) is 86.6 Å². The molecular formula is C17H13BrF5NO4. The van der Waals surface area contributed by atoms with E-state index in [1.165, 1.54) is 12.1 Å². The predicted molar refractivity (Wildman–Crippen MR) is 94.0 cm³/mol. The Hall–Kier alpha value is -2.69. The Morgan fingerprint density at radius 2 is 1.32 bits per heavy atom. The second-order valence-corrected chi connectivity index (χ2v) is 6.05. The van der Waals surface area contributed by atoms with Crippen molar-refractivity contribution in [2.75, 3.05) is 11.9 Å². The minimum Gasteiger partial charge on any atom is -0.478 e. The van der Waals surface area contributed by atoms with E-state index in [9.17, 15) is 31.5 Å². The molecule has 152 valence electrons. The standard InChI is InChI=1S/C10H8F5NO2.C7H5BrO2/c11-9(12,10(13,14)15)5-16-7-4-2-1-3-6(7)8(17)18;8-6-4-2-1-3-5(6)7(9)10/h1-4,16H,5H2,(H,17,18);1-4H,(H,9,10). The molecule has 0 aliphatic carbocycles. The minimum atomic E-state index is -5.68. The number of halogens is 6. The number of hydrogen-bond acceptors (Lipinski definition) is 3. The summed E-state index contributed by atoms with van der Waals surface area (Å²) >= 11 is 3.12. The lowest BCUT2D eigenvalue weighted by Crippen LogP contribution is -2.42. The van der Waals surface area contributed by atoms with Crippen LogP contribution in [0.5, 0.6) is 0 Å². The molecule has 28 heavy (non-hydrogen) atoms. The van der Waals surface area contributed by atoms with E-state index in [-0.39, 0.29) is 11.3 Å². The van der Waals surface area contributed by atoms with Crippen molar-refractivity contribution in [3.05, 3.63) is 64.1 Å². The molecule has 0 amide bonds. The third-order valence-electron chi connectivity index (χ3n) is 3.18. The fourth-order valence-electron chi connectivity index (χ4n) is 1.76. The molecule has 0 spiro atoms. The van der Waals surface area contributed by atoms with Crippen LogP contribution < -0.4 is 5.32 Å². The molecular weight excluding hydrogens is 457 g/mol. The van der Waals surface area contributed by atoms with Gasteiger partial charge in [0.1, 0.15) is 0 Å². The second kappa shape index (κ2) is 9.49. The van der Waals surface area contributed by atoms with Gasteiger partial charge in [0.15, 0.2) is 0 Å². The number of alkyl halides is 5. The molecule has 2 aromatic rings. The minimum absolute atomic E-state index is 0.294. The Kier molecular flexibility index (Phi) is 7.91. The van der Waals surface area contributed by atoms with Gasteiger partial charge in [-0.1, -0.05) is 24.3 Å². The molecule has 0 saturated heterocycles. The highest BCUT2D eigenvalue weighted by Gasteiger charge is 2.57. The van der Waals surface area contributed by atoms with E-state index in [4.69, 9.17) is 10.2 Å². The summed E-state index contributed by atoms with van der Waals surface area (Å²) in [4.78, 5) is 21.1. The molecule has 0 heterocycles. The van der Waals surface area contributed by atoms with Crippen molar-refractivity contribution >= 4 is 33.6 Å². The smallest absolute Gasteiger partial charge is 0.455 e. The van der Waals surface area contributed by atoms with Crippen LogP contribution >= 0.6 is 15.9 Å². The van der Waals surface area contributed by atoms with Crippen molar-refractivity contribution < 1.29 is 41.8 Å². The van der Waals surface area contributed by atoms with Gasteiger partial charge in [0.2, 0.25) is 0 Å². The van der Waals surface area contributed by atoms with Gasteiger partial charge in [0.05, 0.1) is 17.7 Å². The van der Waals surface area contributed by atoms with E-state index in [0.29, 0.717) is 10.0 Å². The predicted octanol–water partition coefficient (Wildman–Crippen LogP) is 5.14. The lowest BCUT2D eigenvalue weighted by atomic mass is 10.1. The molecule has 3 N–H and O–H groups in total. The quantitative estimate of drug-likeness (QED) is 0.527. The van der Waals surface area contributed by atoms with Gasteiger partial charge in [-0.2, -0.15) is 22.0 Å². The van der Waals surface area contributed by atoms with Crippen LogP contribution in [0.15, 0.2) is 53.0 Å². The zero-order chi connectivity index (χ0) is 21.5. The molecule has 0 aliphatic rings. The Morgan fingerprint density at radius 3 is 1.75 bits per heavy atom. The average molecular weight is 470 g/mol. The monoisotopic (exact) mass is 469 g/mol. The van der Waals surface area contributed by atoms with Gasteiger partial charge in [-0.25, -0.2) is 9.59 Å². The van der Waals surface area contributed by atoms with E-state index in [0.717, 1.165) is 12.1 Å². The summed E-state index contributed by atoms with van der Waals surface area (Å²) in [6, 6.07) is 11.6. The zero-order valence-corrected chi connectivity index (χ0v) is 15.4. The molecule has 0 aliphatic heterocycles. The second-order valence-electron chi connectivity index (χ2n) is 5.19. The van der Waals surface area contributed by atoms with E-state index < -0.39 is 30.6 Å². The van der Waals surface area contributed by atoms with E-state index in [1.54, 1.807) is 29.6 Å². The maximum atomic E-state index is 12.6. The first-order valence-electron chi connectivity index (χ1n) is 7.35. The number of carboxylic acid groups (broad SMARTS) is 2. The maximum Gasteiger partial charge on any atom is 0.455 e. The van der Waals surface area contributed by atoms with Crippen LogP contribution in [0.2, 0.25) is 0 Å². The molecule has 0 bridgehead atoms. The number of para-hydroxylation sites is 1. The van der Waals surface area contributed by atoms with Crippen LogP contribution in [0.3, 0.4) is 0 Å². The van der Waals surface area contributed by atoms with Crippen LogP contribution in [0, 0.1) is 0 Å². The maximum absolute atomic E-state index is 12.6. The van der Waals surface area contributed by atoms with Gasteiger partial charge < -0.3 is 15.5 Å². The van der Waals surface area contributed by atoms with Crippen molar-refractivity contribution in [3.63, 3.8) is 0 Å². The van der Waals surface area contributed by atoms with Gasteiger partial charge in [0, 0.05) is 10.2 Å². The zero-order valence-electron chi connectivity index (χ0n) is 13.8. The Morgan fingerprint density at radius 1 is 0.857 bits per heavy atom. The fraction of sp³-hybridized carbons (Fsp3) is 0.176. The summed E-state index contributed by atoms with van der Waals surface area (Å²) in [5.74, 6) is -7.26. The number of hydrogen-bond donors (Lipinski definition) is 3.